The second-order valence-corrected chi connectivity index (χ2v) is 7.80. The van der Waals surface area contributed by atoms with Gasteiger partial charge in [0.25, 0.3) is 0 Å². The van der Waals surface area contributed by atoms with Crippen LogP contribution in [-0.2, 0) is 11.9 Å². The zero-order valence-electron chi connectivity index (χ0n) is 16.0. The maximum Gasteiger partial charge on any atom is 0.201 e. The molecule has 6 nitrogen and oxygen atoms in total. The lowest BCUT2D eigenvalue weighted by molar-refractivity contribution is 0.126. The number of oxime groups is 1. The summed E-state index contributed by atoms with van der Waals surface area (Å²) in [4.78, 5) is 12.4. The predicted molar refractivity (Wildman–Crippen MR) is 116 cm³/mol. The Kier molecular flexibility index (Phi) is 4.95. The van der Waals surface area contributed by atoms with Crippen molar-refractivity contribution in [3.8, 4) is 5.88 Å². The molecule has 0 radical (unpaired) electrons. The number of rotatable bonds is 5. The van der Waals surface area contributed by atoms with Gasteiger partial charge in [0, 0.05) is 29.0 Å². The second kappa shape index (κ2) is 7.41. The summed E-state index contributed by atoms with van der Waals surface area (Å²) < 4.78 is 2.66. The largest absolute Gasteiger partial charge is 0.494 e. The molecule has 3 aromatic rings. The van der Waals surface area contributed by atoms with E-state index in [1.165, 1.54) is 0 Å². The molecule has 144 valence electrons. The number of fused-ring (bicyclic) bond motifs is 2. The van der Waals surface area contributed by atoms with Gasteiger partial charge in [0.2, 0.25) is 5.88 Å². The Morgan fingerprint density at radius 3 is 2.75 bits per heavy atom. The first-order chi connectivity index (χ1) is 13.5. The molecule has 7 heteroatoms. The molecule has 0 unspecified atom stereocenters. The molecule has 0 bridgehead atoms. The highest BCUT2D eigenvalue weighted by Crippen LogP contribution is 2.39. The average molecular weight is 441 g/mol. The van der Waals surface area contributed by atoms with Crippen LogP contribution in [0.15, 0.2) is 57.1 Å². The van der Waals surface area contributed by atoms with Crippen molar-refractivity contribution in [3.63, 3.8) is 0 Å². The molecular formula is C21H21BrN4O2. The lowest BCUT2D eigenvalue weighted by Crippen LogP contribution is -2.18. The number of halogens is 1. The lowest BCUT2D eigenvalue weighted by Gasteiger charge is -2.09. The average Bonchev–Trinajstić information content (AvgIpc) is 3.15. The monoisotopic (exact) mass is 440 g/mol. The minimum Gasteiger partial charge on any atom is -0.494 e. The van der Waals surface area contributed by atoms with Gasteiger partial charge in [-0.05, 0) is 42.2 Å². The van der Waals surface area contributed by atoms with Crippen molar-refractivity contribution in [2.24, 2.45) is 17.2 Å². The molecule has 1 aliphatic heterocycles. The highest BCUT2D eigenvalue weighted by Gasteiger charge is 2.30. The van der Waals surface area contributed by atoms with E-state index in [0.717, 1.165) is 33.2 Å². The van der Waals surface area contributed by atoms with Crippen molar-refractivity contribution in [1.29, 1.82) is 0 Å². The molecule has 1 aliphatic rings. The minimum atomic E-state index is 0.148. The first kappa shape index (κ1) is 18.7. The summed E-state index contributed by atoms with van der Waals surface area (Å²) in [5, 5.41) is 16.2. The fraction of sp³-hybridized carbons (Fsp3) is 0.238. The Morgan fingerprint density at radius 2 is 1.96 bits per heavy atom. The summed E-state index contributed by atoms with van der Waals surface area (Å²) >= 11 is 3.58. The van der Waals surface area contributed by atoms with E-state index in [4.69, 9.17) is 9.83 Å². The first-order valence-electron chi connectivity index (χ1n) is 8.98. The fourth-order valence-electron chi connectivity index (χ4n) is 3.36. The van der Waals surface area contributed by atoms with Crippen LogP contribution in [0.4, 0.5) is 5.69 Å². The van der Waals surface area contributed by atoms with Gasteiger partial charge in [-0.3, -0.25) is 0 Å². The number of aromatic nitrogens is 1. The van der Waals surface area contributed by atoms with Crippen LogP contribution in [0.3, 0.4) is 0 Å². The number of nitrogens with zero attached hydrogens (tertiary/aromatic N) is 4. The van der Waals surface area contributed by atoms with Gasteiger partial charge in [0.15, 0.2) is 0 Å². The zero-order chi connectivity index (χ0) is 19.8. The summed E-state index contributed by atoms with van der Waals surface area (Å²) in [6, 6.07) is 13.7. The number of aromatic hydroxyl groups is 1. The topological polar surface area (TPSA) is 62.4 Å². The van der Waals surface area contributed by atoms with Gasteiger partial charge in [0.1, 0.15) is 18.0 Å². The molecule has 0 fully saturated rings. The van der Waals surface area contributed by atoms with E-state index in [-0.39, 0.29) is 5.88 Å². The molecule has 0 spiro atoms. The van der Waals surface area contributed by atoms with E-state index in [9.17, 15) is 5.11 Å². The van der Waals surface area contributed by atoms with Crippen molar-refractivity contribution in [1.82, 2.24) is 9.47 Å². The SMILES string of the molecule is CN(C)CCON=C1C(c2c(O)n(C)c3c(Br)cccc23)=Nc2ccccc21. The number of aryl methyl sites for hydroxylation is 1. The Balaban J connectivity index is 1.85. The second-order valence-electron chi connectivity index (χ2n) is 6.95. The van der Waals surface area contributed by atoms with Crippen molar-refractivity contribution >= 4 is 43.9 Å². The molecule has 0 atom stereocenters. The zero-order valence-corrected chi connectivity index (χ0v) is 17.6. The van der Waals surface area contributed by atoms with E-state index < -0.39 is 0 Å². The third kappa shape index (κ3) is 3.10. The van der Waals surface area contributed by atoms with Gasteiger partial charge in [0.05, 0.1) is 16.8 Å². The highest BCUT2D eigenvalue weighted by atomic mass is 79.9. The molecule has 0 aliphatic carbocycles. The van der Waals surface area contributed by atoms with Gasteiger partial charge in [-0.1, -0.05) is 35.5 Å². The highest BCUT2D eigenvalue weighted by molar-refractivity contribution is 9.10. The molecule has 0 amide bonds. The molecule has 2 aromatic carbocycles. The van der Waals surface area contributed by atoms with Gasteiger partial charge >= 0.3 is 0 Å². The molecular weight excluding hydrogens is 420 g/mol. The maximum absolute atomic E-state index is 10.9. The molecule has 0 saturated carbocycles. The van der Waals surface area contributed by atoms with Crippen molar-refractivity contribution in [2.45, 2.75) is 0 Å². The normalized spacial score (nSPS) is 14.8. The van der Waals surface area contributed by atoms with Gasteiger partial charge < -0.3 is 19.4 Å². The smallest absolute Gasteiger partial charge is 0.201 e. The predicted octanol–water partition coefficient (Wildman–Crippen LogP) is 4.06. The standard InChI is InChI=1S/C21H21BrN4O2/c1-25(2)11-12-28-24-18-13-7-4-5-10-16(13)23-19(18)17-14-8-6-9-15(22)20(14)26(3)21(17)27/h4-10,27H,11-12H2,1-3H3. The molecule has 2 heterocycles. The number of benzene rings is 2. The van der Waals surface area contributed by atoms with E-state index in [2.05, 4.69) is 21.1 Å². The number of aliphatic imine (C=N–C) groups is 1. The van der Waals surface area contributed by atoms with Crippen LogP contribution in [-0.4, -0.2) is 53.2 Å². The van der Waals surface area contributed by atoms with E-state index in [1.807, 2.05) is 68.5 Å². The van der Waals surface area contributed by atoms with Gasteiger partial charge in [-0.15, -0.1) is 0 Å². The Hall–Kier alpha value is -2.64. The molecule has 4 rings (SSSR count). The number of para-hydroxylation sites is 2. The van der Waals surface area contributed by atoms with Crippen LogP contribution in [0.25, 0.3) is 10.9 Å². The Morgan fingerprint density at radius 1 is 1.18 bits per heavy atom. The van der Waals surface area contributed by atoms with Crippen LogP contribution >= 0.6 is 15.9 Å². The Bertz CT molecular complexity index is 1120. The van der Waals surface area contributed by atoms with Gasteiger partial charge in [-0.25, -0.2) is 4.99 Å². The molecule has 28 heavy (non-hydrogen) atoms. The molecule has 1 aromatic heterocycles. The summed E-state index contributed by atoms with van der Waals surface area (Å²) in [7, 11) is 5.81. The van der Waals surface area contributed by atoms with E-state index in [0.29, 0.717) is 23.6 Å². The third-order valence-corrected chi connectivity index (χ3v) is 5.41. The maximum atomic E-state index is 10.9. The summed E-state index contributed by atoms with van der Waals surface area (Å²) in [5.74, 6) is 0.148. The lowest BCUT2D eigenvalue weighted by atomic mass is 10.0. The van der Waals surface area contributed by atoms with Crippen molar-refractivity contribution in [2.75, 3.05) is 27.2 Å². The fourth-order valence-corrected chi connectivity index (χ4v) is 3.99. The first-order valence-corrected chi connectivity index (χ1v) is 9.77. The summed E-state index contributed by atoms with van der Waals surface area (Å²) in [5.41, 5.74) is 4.53. The molecule has 0 saturated heterocycles. The van der Waals surface area contributed by atoms with E-state index >= 15 is 0 Å². The van der Waals surface area contributed by atoms with E-state index in [1.54, 1.807) is 4.57 Å². The Labute approximate surface area is 171 Å². The number of hydrogen-bond donors (Lipinski definition) is 1. The quantitative estimate of drug-likeness (QED) is 0.480. The van der Waals surface area contributed by atoms with Crippen molar-refractivity contribution < 1.29 is 9.94 Å². The van der Waals surface area contributed by atoms with Gasteiger partial charge in [-0.2, -0.15) is 0 Å². The third-order valence-electron chi connectivity index (χ3n) is 4.77. The minimum absolute atomic E-state index is 0.148. The van der Waals surface area contributed by atoms with Crippen LogP contribution in [0.5, 0.6) is 5.88 Å². The molecule has 1 N–H and O–H groups in total. The van der Waals surface area contributed by atoms with Crippen molar-refractivity contribution in [3.05, 3.63) is 58.1 Å². The number of likely N-dealkylation sites (N-methyl/N-ethyl adjacent to an activating group) is 1. The van der Waals surface area contributed by atoms with Crippen LogP contribution in [0.1, 0.15) is 11.1 Å². The van der Waals surface area contributed by atoms with Crippen LogP contribution in [0.2, 0.25) is 0 Å². The summed E-state index contributed by atoms with van der Waals surface area (Å²) in [6.07, 6.45) is 0. The van der Waals surface area contributed by atoms with Crippen LogP contribution < -0.4 is 0 Å². The summed E-state index contributed by atoms with van der Waals surface area (Å²) in [6.45, 7) is 1.23. The van der Waals surface area contributed by atoms with Crippen LogP contribution in [0, 0.1) is 0 Å². The number of hydrogen-bond acceptors (Lipinski definition) is 5.